The standard InChI is InChI=1S/C11H15Cl2NO.ClH/c1-7(2)14-6-8-4-9(12)5-10(13)11(8)15-3;/h4-5,7,14H,6H2,1-3H3;1H. The van der Waals surface area contributed by atoms with Gasteiger partial charge in [-0.2, -0.15) is 0 Å². The fourth-order valence-electron chi connectivity index (χ4n) is 1.29. The number of methoxy groups -OCH3 is 1. The molecule has 0 saturated heterocycles. The molecule has 16 heavy (non-hydrogen) atoms. The maximum Gasteiger partial charge on any atom is 0.142 e. The second-order valence-electron chi connectivity index (χ2n) is 3.62. The van der Waals surface area contributed by atoms with E-state index in [-0.39, 0.29) is 12.4 Å². The van der Waals surface area contributed by atoms with Gasteiger partial charge in [-0.1, -0.05) is 37.0 Å². The molecule has 1 N–H and O–H groups in total. The van der Waals surface area contributed by atoms with Crippen LogP contribution in [0.25, 0.3) is 0 Å². The van der Waals surface area contributed by atoms with E-state index in [9.17, 15) is 0 Å². The van der Waals surface area contributed by atoms with Crippen LogP contribution in [-0.2, 0) is 6.54 Å². The molecule has 0 bridgehead atoms. The molecule has 1 aromatic rings. The lowest BCUT2D eigenvalue weighted by atomic mass is 10.2. The average molecular weight is 285 g/mol. The molecule has 0 unspecified atom stereocenters. The van der Waals surface area contributed by atoms with Gasteiger partial charge in [-0.3, -0.25) is 0 Å². The first-order chi connectivity index (χ1) is 7.04. The van der Waals surface area contributed by atoms with Gasteiger partial charge in [0, 0.05) is 23.2 Å². The molecule has 0 aliphatic heterocycles. The Morgan fingerprint density at radius 2 is 1.94 bits per heavy atom. The van der Waals surface area contributed by atoms with Crippen LogP contribution >= 0.6 is 35.6 Å². The van der Waals surface area contributed by atoms with E-state index in [1.807, 2.05) is 6.07 Å². The Kier molecular flexibility index (Phi) is 7.16. The fourth-order valence-corrected chi connectivity index (χ4v) is 1.90. The van der Waals surface area contributed by atoms with Gasteiger partial charge < -0.3 is 10.1 Å². The second-order valence-corrected chi connectivity index (χ2v) is 4.46. The summed E-state index contributed by atoms with van der Waals surface area (Å²) in [5.74, 6) is 0.689. The number of halogens is 3. The Morgan fingerprint density at radius 3 is 2.44 bits per heavy atom. The van der Waals surface area contributed by atoms with Crippen molar-refractivity contribution in [2.75, 3.05) is 7.11 Å². The van der Waals surface area contributed by atoms with E-state index in [4.69, 9.17) is 27.9 Å². The highest BCUT2D eigenvalue weighted by Gasteiger charge is 2.09. The normalized spacial score (nSPS) is 10.1. The molecule has 1 aromatic carbocycles. The number of hydrogen-bond donors (Lipinski definition) is 1. The Hall–Kier alpha value is -0.150. The van der Waals surface area contributed by atoms with Crippen LogP contribution in [0, 0.1) is 0 Å². The lowest BCUT2D eigenvalue weighted by Crippen LogP contribution is -2.22. The van der Waals surface area contributed by atoms with Gasteiger partial charge in [0.15, 0.2) is 0 Å². The quantitative estimate of drug-likeness (QED) is 0.905. The van der Waals surface area contributed by atoms with Gasteiger partial charge in [0.05, 0.1) is 12.1 Å². The lowest BCUT2D eigenvalue weighted by molar-refractivity contribution is 0.406. The largest absolute Gasteiger partial charge is 0.495 e. The third-order valence-electron chi connectivity index (χ3n) is 1.99. The monoisotopic (exact) mass is 283 g/mol. The Morgan fingerprint density at radius 1 is 1.31 bits per heavy atom. The van der Waals surface area contributed by atoms with E-state index >= 15 is 0 Å². The Bertz CT molecular complexity index is 342. The molecule has 0 saturated carbocycles. The number of rotatable bonds is 4. The zero-order valence-electron chi connectivity index (χ0n) is 9.51. The van der Waals surface area contributed by atoms with Crippen molar-refractivity contribution in [1.29, 1.82) is 0 Å². The van der Waals surface area contributed by atoms with Gasteiger partial charge in [0.2, 0.25) is 0 Å². The molecule has 0 radical (unpaired) electrons. The summed E-state index contributed by atoms with van der Waals surface area (Å²) in [4.78, 5) is 0. The zero-order chi connectivity index (χ0) is 11.4. The highest BCUT2D eigenvalue weighted by molar-refractivity contribution is 6.35. The molecule has 0 aromatic heterocycles. The fraction of sp³-hybridized carbons (Fsp3) is 0.455. The number of hydrogen-bond acceptors (Lipinski definition) is 2. The van der Waals surface area contributed by atoms with Crippen LogP contribution in [0.4, 0.5) is 0 Å². The number of benzene rings is 1. The third-order valence-corrected chi connectivity index (χ3v) is 2.49. The first-order valence-electron chi connectivity index (χ1n) is 4.80. The summed E-state index contributed by atoms with van der Waals surface area (Å²) in [6, 6.07) is 3.95. The molecule has 0 amide bonds. The zero-order valence-corrected chi connectivity index (χ0v) is 11.8. The van der Waals surface area contributed by atoms with Crippen LogP contribution in [-0.4, -0.2) is 13.2 Å². The minimum absolute atomic E-state index is 0. The third kappa shape index (κ3) is 4.38. The van der Waals surface area contributed by atoms with Crippen molar-refractivity contribution in [3.8, 4) is 5.75 Å². The van der Waals surface area contributed by atoms with Crippen LogP contribution in [0.2, 0.25) is 10.0 Å². The molecule has 0 fully saturated rings. The molecule has 0 aliphatic rings. The highest BCUT2D eigenvalue weighted by atomic mass is 35.5. The predicted octanol–water partition coefficient (Wildman–Crippen LogP) is 3.92. The second kappa shape index (κ2) is 7.23. The van der Waals surface area contributed by atoms with Crippen molar-refractivity contribution >= 4 is 35.6 Å². The molecular weight excluding hydrogens is 268 g/mol. The van der Waals surface area contributed by atoms with E-state index in [0.717, 1.165) is 5.56 Å². The van der Waals surface area contributed by atoms with Crippen molar-refractivity contribution in [1.82, 2.24) is 5.32 Å². The van der Waals surface area contributed by atoms with E-state index in [0.29, 0.717) is 28.4 Å². The molecular formula is C11H16Cl3NO. The molecule has 0 aliphatic carbocycles. The summed E-state index contributed by atoms with van der Waals surface area (Å²) in [6.07, 6.45) is 0. The first kappa shape index (κ1) is 15.9. The summed E-state index contributed by atoms with van der Waals surface area (Å²) in [7, 11) is 1.61. The summed E-state index contributed by atoms with van der Waals surface area (Å²) in [5.41, 5.74) is 0.976. The minimum atomic E-state index is 0. The van der Waals surface area contributed by atoms with Gasteiger partial charge in [0.1, 0.15) is 5.75 Å². The SMILES string of the molecule is COc1c(Cl)cc(Cl)cc1CNC(C)C.Cl. The van der Waals surface area contributed by atoms with Crippen molar-refractivity contribution in [2.24, 2.45) is 0 Å². The van der Waals surface area contributed by atoms with E-state index in [2.05, 4.69) is 19.2 Å². The first-order valence-corrected chi connectivity index (χ1v) is 5.55. The van der Waals surface area contributed by atoms with Crippen molar-refractivity contribution in [3.05, 3.63) is 27.7 Å². The van der Waals surface area contributed by atoms with Gasteiger partial charge in [0.25, 0.3) is 0 Å². The average Bonchev–Trinajstić information content (AvgIpc) is 2.13. The maximum atomic E-state index is 6.01. The highest BCUT2D eigenvalue weighted by Crippen LogP contribution is 2.32. The summed E-state index contributed by atoms with van der Waals surface area (Å²) >= 11 is 11.9. The van der Waals surface area contributed by atoms with E-state index < -0.39 is 0 Å². The van der Waals surface area contributed by atoms with Crippen LogP contribution in [0.5, 0.6) is 5.75 Å². The molecule has 1 rings (SSSR count). The smallest absolute Gasteiger partial charge is 0.142 e. The van der Waals surface area contributed by atoms with Crippen molar-refractivity contribution in [3.63, 3.8) is 0 Å². The van der Waals surface area contributed by atoms with Crippen molar-refractivity contribution in [2.45, 2.75) is 26.4 Å². The van der Waals surface area contributed by atoms with Gasteiger partial charge in [-0.25, -0.2) is 0 Å². The Balaban J connectivity index is 0.00000225. The van der Waals surface area contributed by atoms with Crippen LogP contribution in [0.3, 0.4) is 0 Å². The summed E-state index contributed by atoms with van der Waals surface area (Å²) in [5, 5.41) is 4.47. The van der Waals surface area contributed by atoms with Gasteiger partial charge in [-0.15, -0.1) is 12.4 Å². The summed E-state index contributed by atoms with van der Waals surface area (Å²) < 4.78 is 5.23. The maximum absolute atomic E-state index is 6.01. The molecule has 0 heterocycles. The number of nitrogens with one attached hydrogen (secondary N) is 1. The lowest BCUT2D eigenvalue weighted by Gasteiger charge is -2.13. The predicted molar refractivity (Wildman–Crippen MR) is 72.2 cm³/mol. The molecule has 5 heteroatoms. The van der Waals surface area contributed by atoms with Gasteiger partial charge >= 0.3 is 0 Å². The van der Waals surface area contributed by atoms with E-state index in [1.54, 1.807) is 13.2 Å². The molecule has 2 nitrogen and oxygen atoms in total. The Labute approximate surface area is 113 Å². The van der Waals surface area contributed by atoms with Crippen LogP contribution in [0.15, 0.2) is 12.1 Å². The summed E-state index contributed by atoms with van der Waals surface area (Å²) in [6.45, 7) is 4.86. The van der Waals surface area contributed by atoms with E-state index in [1.165, 1.54) is 0 Å². The minimum Gasteiger partial charge on any atom is -0.495 e. The number of ether oxygens (including phenoxy) is 1. The van der Waals surface area contributed by atoms with Crippen LogP contribution < -0.4 is 10.1 Å². The van der Waals surface area contributed by atoms with Crippen LogP contribution in [0.1, 0.15) is 19.4 Å². The van der Waals surface area contributed by atoms with Crippen molar-refractivity contribution < 1.29 is 4.74 Å². The topological polar surface area (TPSA) is 21.3 Å². The van der Waals surface area contributed by atoms with Gasteiger partial charge in [-0.05, 0) is 12.1 Å². The molecule has 92 valence electrons. The molecule has 0 atom stereocenters. The molecule has 0 spiro atoms.